The van der Waals surface area contributed by atoms with Crippen LogP contribution < -0.4 is 10.5 Å². The van der Waals surface area contributed by atoms with Crippen molar-refractivity contribution in [1.29, 1.82) is 0 Å². The lowest BCUT2D eigenvalue weighted by Crippen LogP contribution is -2.45. The molecule has 2 rings (SSSR count). The van der Waals surface area contributed by atoms with Crippen LogP contribution in [0.2, 0.25) is 0 Å². The SMILES string of the molecule is CCOc1ccc(C(N)CN2CCCC(C)C2C)cc1. The van der Waals surface area contributed by atoms with E-state index in [1.165, 1.54) is 24.9 Å². The molecule has 3 heteroatoms. The summed E-state index contributed by atoms with van der Waals surface area (Å²) < 4.78 is 5.47. The van der Waals surface area contributed by atoms with E-state index in [1.807, 2.05) is 19.1 Å². The molecular formula is C17H28N2O. The zero-order valence-electron chi connectivity index (χ0n) is 13.0. The summed E-state index contributed by atoms with van der Waals surface area (Å²) in [4.78, 5) is 2.54. The van der Waals surface area contributed by atoms with E-state index in [0.29, 0.717) is 12.6 Å². The molecule has 1 aromatic carbocycles. The molecule has 1 heterocycles. The maximum Gasteiger partial charge on any atom is 0.119 e. The molecule has 1 aliphatic rings. The molecule has 20 heavy (non-hydrogen) atoms. The van der Waals surface area contributed by atoms with Crippen LogP contribution in [0.4, 0.5) is 0 Å². The highest BCUT2D eigenvalue weighted by atomic mass is 16.5. The molecule has 1 aromatic rings. The van der Waals surface area contributed by atoms with Crippen LogP contribution in [0.1, 0.15) is 45.2 Å². The molecule has 0 radical (unpaired) electrons. The van der Waals surface area contributed by atoms with Crippen molar-refractivity contribution in [2.24, 2.45) is 11.7 Å². The third-order valence-electron chi connectivity index (χ3n) is 4.55. The number of likely N-dealkylation sites (tertiary alicyclic amines) is 1. The molecule has 3 nitrogen and oxygen atoms in total. The number of hydrogen-bond donors (Lipinski definition) is 1. The summed E-state index contributed by atoms with van der Waals surface area (Å²) in [6.07, 6.45) is 2.64. The summed E-state index contributed by atoms with van der Waals surface area (Å²) in [7, 11) is 0. The van der Waals surface area contributed by atoms with Gasteiger partial charge in [-0.25, -0.2) is 0 Å². The highest BCUT2D eigenvalue weighted by Gasteiger charge is 2.25. The van der Waals surface area contributed by atoms with Crippen LogP contribution >= 0.6 is 0 Å². The first-order valence-electron chi connectivity index (χ1n) is 7.84. The third-order valence-corrected chi connectivity index (χ3v) is 4.55. The normalized spacial score (nSPS) is 25.4. The van der Waals surface area contributed by atoms with Gasteiger partial charge in [0.25, 0.3) is 0 Å². The van der Waals surface area contributed by atoms with Crippen molar-refractivity contribution in [3.63, 3.8) is 0 Å². The highest BCUT2D eigenvalue weighted by Crippen LogP contribution is 2.25. The van der Waals surface area contributed by atoms with E-state index in [-0.39, 0.29) is 6.04 Å². The van der Waals surface area contributed by atoms with Gasteiger partial charge in [-0.2, -0.15) is 0 Å². The van der Waals surface area contributed by atoms with E-state index < -0.39 is 0 Å². The summed E-state index contributed by atoms with van der Waals surface area (Å²) >= 11 is 0. The standard InChI is InChI=1S/C17H28N2O/c1-4-20-16-9-7-15(8-10-16)17(18)12-19-11-5-6-13(2)14(19)3/h7-10,13-14,17H,4-6,11-12,18H2,1-3H3. The van der Waals surface area contributed by atoms with Gasteiger partial charge in [0.1, 0.15) is 5.75 Å². The number of nitrogens with two attached hydrogens (primary N) is 1. The van der Waals surface area contributed by atoms with Crippen molar-refractivity contribution in [2.45, 2.75) is 45.7 Å². The van der Waals surface area contributed by atoms with Crippen molar-refractivity contribution < 1.29 is 4.74 Å². The van der Waals surface area contributed by atoms with E-state index in [9.17, 15) is 0 Å². The first-order chi connectivity index (χ1) is 9.61. The van der Waals surface area contributed by atoms with Gasteiger partial charge in [-0.3, -0.25) is 4.90 Å². The monoisotopic (exact) mass is 276 g/mol. The Morgan fingerprint density at radius 1 is 1.30 bits per heavy atom. The fraction of sp³-hybridized carbons (Fsp3) is 0.647. The minimum Gasteiger partial charge on any atom is -0.494 e. The molecule has 1 aliphatic heterocycles. The van der Waals surface area contributed by atoms with Gasteiger partial charge in [0, 0.05) is 18.6 Å². The average Bonchev–Trinajstić information content (AvgIpc) is 2.45. The molecule has 1 fully saturated rings. The Bertz CT molecular complexity index is 404. The molecule has 0 spiro atoms. The van der Waals surface area contributed by atoms with Gasteiger partial charge in [-0.05, 0) is 56.8 Å². The molecule has 0 aromatic heterocycles. The van der Waals surface area contributed by atoms with Crippen LogP contribution in [0, 0.1) is 5.92 Å². The van der Waals surface area contributed by atoms with E-state index in [1.54, 1.807) is 0 Å². The molecule has 0 aliphatic carbocycles. The Morgan fingerprint density at radius 3 is 2.65 bits per heavy atom. The maximum atomic E-state index is 6.38. The number of nitrogens with zero attached hydrogens (tertiary/aromatic N) is 1. The smallest absolute Gasteiger partial charge is 0.119 e. The first kappa shape index (κ1) is 15.3. The number of rotatable bonds is 5. The zero-order valence-corrected chi connectivity index (χ0v) is 13.0. The molecule has 2 N–H and O–H groups in total. The Morgan fingerprint density at radius 2 is 2.00 bits per heavy atom. The summed E-state index contributed by atoms with van der Waals surface area (Å²) in [5.41, 5.74) is 7.57. The van der Waals surface area contributed by atoms with Gasteiger partial charge in [0.15, 0.2) is 0 Å². The molecule has 1 saturated heterocycles. The van der Waals surface area contributed by atoms with Gasteiger partial charge in [-0.15, -0.1) is 0 Å². The largest absolute Gasteiger partial charge is 0.494 e. The Balaban J connectivity index is 1.95. The quantitative estimate of drug-likeness (QED) is 0.897. The highest BCUT2D eigenvalue weighted by molar-refractivity contribution is 5.29. The number of piperidine rings is 1. The minimum absolute atomic E-state index is 0.0819. The van der Waals surface area contributed by atoms with E-state index in [0.717, 1.165) is 18.2 Å². The van der Waals surface area contributed by atoms with Crippen LogP contribution in [-0.2, 0) is 0 Å². The lowest BCUT2D eigenvalue weighted by Gasteiger charge is -2.39. The number of benzene rings is 1. The molecule has 3 atom stereocenters. The van der Waals surface area contributed by atoms with Crippen LogP contribution in [0.5, 0.6) is 5.75 Å². The van der Waals surface area contributed by atoms with Gasteiger partial charge in [0.2, 0.25) is 0 Å². The van der Waals surface area contributed by atoms with Crippen LogP contribution in [0.25, 0.3) is 0 Å². The molecular weight excluding hydrogens is 248 g/mol. The summed E-state index contributed by atoms with van der Waals surface area (Å²) in [5.74, 6) is 1.69. The van der Waals surface area contributed by atoms with Crippen molar-refractivity contribution in [1.82, 2.24) is 4.90 Å². The van der Waals surface area contributed by atoms with Gasteiger partial charge in [0.05, 0.1) is 6.61 Å². The summed E-state index contributed by atoms with van der Waals surface area (Å²) in [6.45, 7) is 9.50. The average molecular weight is 276 g/mol. The minimum atomic E-state index is 0.0819. The molecule has 0 amide bonds. The van der Waals surface area contributed by atoms with Crippen molar-refractivity contribution >= 4 is 0 Å². The Kier molecular flexibility index (Phi) is 5.44. The Labute approximate surface area is 123 Å². The molecule has 0 saturated carbocycles. The lowest BCUT2D eigenvalue weighted by atomic mass is 9.91. The summed E-state index contributed by atoms with van der Waals surface area (Å²) in [6, 6.07) is 8.93. The van der Waals surface area contributed by atoms with E-state index in [4.69, 9.17) is 10.5 Å². The van der Waals surface area contributed by atoms with Gasteiger partial charge < -0.3 is 10.5 Å². The van der Waals surface area contributed by atoms with Crippen LogP contribution in [0.15, 0.2) is 24.3 Å². The van der Waals surface area contributed by atoms with E-state index >= 15 is 0 Å². The third kappa shape index (κ3) is 3.74. The first-order valence-corrected chi connectivity index (χ1v) is 7.84. The second kappa shape index (κ2) is 7.09. The molecule has 112 valence electrons. The lowest BCUT2D eigenvalue weighted by molar-refractivity contribution is 0.107. The van der Waals surface area contributed by atoms with Crippen molar-refractivity contribution in [3.8, 4) is 5.75 Å². The fourth-order valence-corrected chi connectivity index (χ4v) is 3.01. The zero-order chi connectivity index (χ0) is 14.5. The van der Waals surface area contributed by atoms with E-state index in [2.05, 4.69) is 30.9 Å². The number of hydrogen-bond acceptors (Lipinski definition) is 3. The van der Waals surface area contributed by atoms with Gasteiger partial charge in [-0.1, -0.05) is 19.1 Å². The van der Waals surface area contributed by atoms with Crippen molar-refractivity contribution in [2.75, 3.05) is 19.7 Å². The topological polar surface area (TPSA) is 38.5 Å². The molecule has 0 bridgehead atoms. The maximum absolute atomic E-state index is 6.38. The van der Waals surface area contributed by atoms with Crippen molar-refractivity contribution in [3.05, 3.63) is 29.8 Å². The predicted molar refractivity (Wildman–Crippen MR) is 84.0 cm³/mol. The summed E-state index contributed by atoms with van der Waals surface area (Å²) in [5, 5.41) is 0. The van der Waals surface area contributed by atoms with Gasteiger partial charge >= 0.3 is 0 Å². The second-order valence-electron chi connectivity index (χ2n) is 5.96. The predicted octanol–water partition coefficient (Wildman–Crippen LogP) is 3.21. The van der Waals surface area contributed by atoms with Crippen LogP contribution in [-0.4, -0.2) is 30.6 Å². The Hall–Kier alpha value is -1.06. The number of ether oxygens (including phenoxy) is 1. The van der Waals surface area contributed by atoms with Crippen LogP contribution in [0.3, 0.4) is 0 Å². The molecule has 3 unspecified atom stereocenters. The second-order valence-corrected chi connectivity index (χ2v) is 5.96. The fourth-order valence-electron chi connectivity index (χ4n) is 3.01.